The number of hydrogen-bond donors (Lipinski definition) is 1. The summed E-state index contributed by atoms with van der Waals surface area (Å²) in [5, 5.41) is 3.24. The first-order chi connectivity index (χ1) is 10.2. The van der Waals surface area contributed by atoms with Crippen molar-refractivity contribution in [3.63, 3.8) is 0 Å². The van der Waals surface area contributed by atoms with Crippen molar-refractivity contribution in [2.75, 3.05) is 23.8 Å². The van der Waals surface area contributed by atoms with Crippen LogP contribution in [-0.2, 0) is 6.42 Å². The number of anilines is 2. The molecule has 2 rings (SSSR count). The second kappa shape index (κ2) is 7.62. The summed E-state index contributed by atoms with van der Waals surface area (Å²) in [6.45, 7) is 7.89. The van der Waals surface area contributed by atoms with Crippen LogP contribution < -0.4 is 10.2 Å². The SMILES string of the molecule is CCCc1c(NC)ncnc1N(CC(C)C)C1CCCC1. The fraction of sp³-hybridized carbons (Fsp3) is 0.765. The van der Waals surface area contributed by atoms with Gasteiger partial charge in [0.2, 0.25) is 0 Å². The van der Waals surface area contributed by atoms with Gasteiger partial charge in [0, 0.05) is 25.2 Å². The first-order valence-electron chi connectivity index (χ1n) is 8.45. The molecule has 0 amide bonds. The Morgan fingerprint density at radius 3 is 2.57 bits per heavy atom. The Kier molecular flexibility index (Phi) is 5.83. The summed E-state index contributed by atoms with van der Waals surface area (Å²) in [4.78, 5) is 11.7. The van der Waals surface area contributed by atoms with Crippen LogP contribution in [0, 0.1) is 5.92 Å². The van der Waals surface area contributed by atoms with Gasteiger partial charge in [-0.15, -0.1) is 0 Å². The standard InChI is InChI=1S/C17H30N4/c1-5-8-15-16(18-4)19-12-20-17(15)21(11-13(2)3)14-9-6-7-10-14/h12-14H,5-11H2,1-4H3,(H,18,19,20). The highest BCUT2D eigenvalue weighted by molar-refractivity contribution is 5.59. The molecule has 0 aliphatic heterocycles. The molecule has 0 unspecified atom stereocenters. The summed E-state index contributed by atoms with van der Waals surface area (Å²) in [5.41, 5.74) is 1.29. The van der Waals surface area contributed by atoms with Gasteiger partial charge in [0.25, 0.3) is 0 Å². The molecule has 0 atom stereocenters. The zero-order valence-corrected chi connectivity index (χ0v) is 14.0. The van der Waals surface area contributed by atoms with E-state index in [1.165, 1.54) is 31.2 Å². The van der Waals surface area contributed by atoms with E-state index in [2.05, 4.69) is 41.0 Å². The largest absolute Gasteiger partial charge is 0.373 e. The maximum absolute atomic E-state index is 4.68. The predicted molar refractivity (Wildman–Crippen MR) is 90.0 cm³/mol. The van der Waals surface area contributed by atoms with E-state index in [0.717, 1.165) is 31.0 Å². The third-order valence-corrected chi connectivity index (χ3v) is 4.26. The molecule has 0 aromatic carbocycles. The molecule has 1 aromatic heterocycles. The first-order valence-corrected chi connectivity index (χ1v) is 8.45. The Morgan fingerprint density at radius 1 is 1.29 bits per heavy atom. The molecule has 21 heavy (non-hydrogen) atoms. The minimum atomic E-state index is 0.646. The summed E-state index contributed by atoms with van der Waals surface area (Å²) in [5.74, 6) is 2.80. The maximum atomic E-state index is 4.68. The van der Waals surface area contributed by atoms with Crippen LogP contribution in [0.1, 0.15) is 58.4 Å². The number of aromatic nitrogens is 2. The van der Waals surface area contributed by atoms with Crippen LogP contribution in [-0.4, -0.2) is 29.6 Å². The van der Waals surface area contributed by atoms with Gasteiger partial charge in [0.05, 0.1) is 0 Å². The highest BCUT2D eigenvalue weighted by Gasteiger charge is 2.27. The van der Waals surface area contributed by atoms with Crippen LogP contribution in [0.2, 0.25) is 0 Å². The molecule has 0 radical (unpaired) electrons. The molecule has 1 fully saturated rings. The molecule has 0 saturated heterocycles. The second-order valence-corrected chi connectivity index (χ2v) is 6.51. The van der Waals surface area contributed by atoms with E-state index in [-0.39, 0.29) is 0 Å². The van der Waals surface area contributed by atoms with E-state index >= 15 is 0 Å². The monoisotopic (exact) mass is 290 g/mol. The lowest BCUT2D eigenvalue weighted by Crippen LogP contribution is -2.37. The normalized spacial score (nSPS) is 15.7. The Balaban J connectivity index is 2.37. The van der Waals surface area contributed by atoms with Crippen molar-refractivity contribution in [3.8, 4) is 0 Å². The molecule has 1 heterocycles. The number of hydrogen-bond acceptors (Lipinski definition) is 4. The van der Waals surface area contributed by atoms with Crippen LogP contribution in [0.25, 0.3) is 0 Å². The van der Waals surface area contributed by atoms with Crippen LogP contribution in [0.15, 0.2) is 6.33 Å². The Hall–Kier alpha value is -1.32. The van der Waals surface area contributed by atoms with Crippen molar-refractivity contribution in [3.05, 3.63) is 11.9 Å². The van der Waals surface area contributed by atoms with E-state index in [4.69, 9.17) is 0 Å². The van der Waals surface area contributed by atoms with Crippen molar-refractivity contribution in [1.29, 1.82) is 0 Å². The predicted octanol–water partition coefficient (Wildman–Crippen LogP) is 3.88. The van der Waals surface area contributed by atoms with E-state index < -0.39 is 0 Å². The first kappa shape index (κ1) is 16.1. The van der Waals surface area contributed by atoms with Crippen LogP contribution in [0.5, 0.6) is 0 Å². The highest BCUT2D eigenvalue weighted by atomic mass is 15.2. The molecule has 0 bridgehead atoms. The van der Waals surface area contributed by atoms with Gasteiger partial charge in [0.1, 0.15) is 18.0 Å². The molecule has 1 N–H and O–H groups in total. The average molecular weight is 290 g/mol. The zero-order valence-electron chi connectivity index (χ0n) is 14.0. The minimum absolute atomic E-state index is 0.646. The van der Waals surface area contributed by atoms with Gasteiger partial charge < -0.3 is 10.2 Å². The van der Waals surface area contributed by atoms with Crippen LogP contribution in [0.4, 0.5) is 11.6 Å². The maximum Gasteiger partial charge on any atom is 0.137 e. The molecule has 4 heteroatoms. The summed E-state index contributed by atoms with van der Waals surface area (Å²) in [6.07, 6.45) is 9.18. The quantitative estimate of drug-likeness (QED) is 0.827. The lowest BCUT2D eigenvalue weighted by atomic mass is 10.1. The topological polar surface area (TPSA) is 41.1 Å². The van der Waals surface area contributed by atoms with Crippen molar-refractivity contribution in [2.24, 2.45) is 5.92 Å². The zero-order chi connectivity index (χ0) is 15.2. The smallest absolute Gasteiger partial charge is 0.137 e. The Bertz CT molecular complexity index is 438. The van der Waals surface area contributed by atoms with Gasteiger partial charge in [-0.2, -0.15) is 0 Å². The molecule has 0 spiro atoms. The van der Waals surface area contributed by atoms with E-state index in [1.807, 2.05) is 7.05 Å². The summed E-state index contributed by atoms with van der Waals surface area (Å²) in [7, 11) is 1.95. The second-order valence-electron chi connectivity index (χ2n) is 6.51. The average Bonchev–Trinajstić information content (AvgIpc) is 2.99. The molecule has 1 aliphatic rings. The van der Waals surface area contributed by atoms with Gasteiger partial charge in [-0.05, 0) is 25.2 Å². The molecular weight excluding hydrogens is 260 g/mol. The fourth-order valence-electron chi connectivity index (χ4n) is 3.36. The summed E-state index contributed by atoms with van der Waals surface area (Å²) < 4.78 is 0. The van der Waals surface area contributed by atoms with Crippen LogP contribution in [0.3, 0.4) is 0 Å². The van der Waals surface area contributed by atoms with Gasteiger partial charge in [-0.3, -0.25) is 0 Å². The van der Waals surface area contributed by atoms with Gasteiger partial charge in [0.15, 0.2) is 0 Å². The molecule has 1 saturated carbocycles. The van der Waals surface area contributed by atoms with Crippen LogP contribution >= 0.6 is 0 Å². The van der Waals surface area contributed by atoms with Gasteiger partial charge in [-0.25, -0.2) is 9.97 Å². The van der Waals surface area contributed by atoms with Gasteiger partial charge >= 0.3 is 0 Å². The lowest BCUT2D eigenvalue weighted by Gasteiger charge is -2.33. The third kappa shape index (κ3) is 3.86. The van der Waals surface area contributed by atoms with Crippen molar-refractivity contribution in [1.82, 2.24) is 9.97 Å². The molecule has 1 aromatic rings. The molecule has 118 valence electrons. The number of rotatable bonds is 7. The lowest BCUT2D eigenvalue weighted by molar-refractivity contribution is 0.529. The van der Waals surface area contributed by atoms with E-state index in [1.54, 1.807) is 6.33 Å². The summed E-state index contributed by atoms with van der Waals surface area (Å²) >= 11 is 0. The highest BCUT2D eigenvalue weighted by Crippen LogP contribution is 2.32. The van der Waals surface area contributed by atoms with E-state index in [0.29, 0.717) is 12.0 Å². The van der Waals surface area contributed by atoms with Crippen molar-refractivity contribution < 1.29 is 0 Å². The van der Waals surface area contributed by atoms with Crippen molar-refractivity contribution in [2.45, 2.75) is 65.3 Å². The van der Waals surface area contributed by atoms with E-state index in [9.17, 15) is 0 Å². The Morgan fingerprint density at radius 2 is 2.00 bits per heavy atom. The molecular formula is C17H30N4. The molecule has 1 aliphatic carbocycles. The minimum Gasteiger partial charge on any atom is -0.373 e. The summed E-state index contributed by atoms with van der Waals surface area (Å²) in [6, 6.07) is 0.655. The fourth-order valence-corrected chi connectivity index (χ4v) is 3.36. The van der Waals surface area contributed by atoms with Crippen molar-refractivity contribution >= 4 is 11.6 Å². The Labute approximate surface area is 129 Å². The number of nitrogens with zero attached hydrogens (tertiary/aromatic N) is 3. The molecule has 4 nitrogen and oxygen atoms in total. The van der Waals surface area contributed by atoms with Gasteiger partial charge in [-0.1, -0.05) is 40.0 Å². The third-order valence-electron chi connectivity index (χ3n) is 4.26. The number of nitrogens with one attached hydrogen (secondary N) is 1.